The van der Waals surface area contributed by atoms with Gasteiger partial charge >= 0.3 is 0 Å². The summed E-state index contributed by atoms with van der Waals surface area (Å²) >= 11 is 0. The summed E-state index contributed by atoms with van der Waals surface area (Å²) in [7, 11) is 5.18. The number of anilines is 1. The predicted octanol–water partition coefficient (Wildman–Crippen LogP) is 3.36. The van der Waals surface area contributed by atoms with Crippen molar-refractivity contribution in [2.75, 3.05) is 19.1 Å². The maximum atomic E-state index is 12.8. The highest BCUT2D eigenvalue weighted by atomic mass is 16.5. The molecule has 0 bridgehead atoms. The molecule has 1 aliphatic rings. The van der Waals surface area contributed by atoms with E-state index in [2.05, 4.69) is 10.6 Å². The molecule has 3 aromatic rings. The second-order valence-corrected chi connectivity index (χ2v) is 5.93. The number of carbonyl (C=O) groups is 1. The zero-order chi connectivity index (χ0) is 16.8. The van der Waals surface area contributed by atoms with Gasteiger partial charge in [0.25, 0.3) is 5.91 Å². The Morgan fingerprint density at radius 2 is 1.75 bits per heavy atom. The molecule has 0 atom stereocenters. The van der Waals surface area contributed by atoms with E-state index in [-0.39, 0.29) is 5.91 Å². The number of amides is 1. The summed E-state index contributed by atoms with van der Waals surface area (Å²) in [6.45, 7) is 0.532. The molecular formula is C19H18N2O3. The fourth-order valence-electron chi connectivity index (χ4n) is 3.27. The van der Waals surface area contributed by atoms with Crippen molar-refractivity contribution in [3.63, 3.8) is 0 Å². The Morgan fingerprint density at radius 3 is 2.50 bits per heavy atom. The van der Waals surface area contributed by atoms with Crippen LogP contribution in [0.5, 0.6) is 11.5 Å². The van der Waals surface area contributed by atoms with Gasteiger partial charge < -0.3 is 18.9 Å². The van der Waals surface area contributed by atoms with E-state index >= 15 is 0 Å². The van der Waals surface area contributed by atoms with Crippen molar-refractivity contribution in [3.8, 4) is 11.5 Å². The van der Waals surface area contributed by atoms with Crippen LogP contribution in [0.25, 0.3) is 10.9 Å². The number of rotatable bonds is 3. The second-order valence-electron chi connectivity index (χ2n) is 5.93. The number of benzene rings is 2. The number of hydrogen-bond donors (Lipinski definition) is 0. The maximum absolute atomic E-state index is 12.8. The lowest BCUT2D eigenvalue weighted by Crippen LogP contribution is -2.22. The molecule has 0 saturated carbocycles. The Hall–Kier alpha value is -2.95. The Balaban J connectivity index is 1.77. The Bertz CT molecular complexity index is 959. The smallest absolute Gasteiger partial charge is 0.259 e. The molecule has 0 radical (unpaired) electrons. The molecule has 0 spiro atoms. The summed E-state index contributed by atoms with van der Waals surface area (Å²) in [6.07, 6.45) is 2.02. The molecule has 1 amide bonds. The fraction of sp³-hybridized carbons (Fsp3) is 0.211. The second kappa shape index (κ2) is 5.30. The number of aromatic nitrogens is 1. The molecule has 24 heavy (non-hydrogen) atoms. The minimum atomic E-state index is -0.0143. The van der Waals surface area contributed by atoms with E-state index in [0.717, 1.165) is 22.2 Å². The average molecular weight is 322 g/mol. The third kappa shape index (κ3) is 2.05. The van der Waals surface area contributed by atoms with Gasteiger partial charge in [-0.2, -0.15) is 0 Å². The van der Waals surface area contributed by atoms with E-state index in [1.807, 2.05) is 37.5 Å². The molecule has 0 aliphatic carbocycles. The Labute approximate surface area is 140 Å². The largest absolute Gasteiger partial charge is 0.493 e. The van der Waals surface area contributed by atoms with Gasteiger partial charge in [-0.15, -0.1) is 0 Å². The van der Waals surface area contributed by atoms with Gasteiger partial charge in [-0.3, -0.25) is 4.79 Å². The molecule has 122 valence electrons. The average Bonchev–Trinajstić information content (AvgIpc) is 3.14. The van der Waals surface area contributed by atoms with E-state index in [1.165, 1.54) is 0 Å². The summed E-state index contributed by atoms with van der Waals surface area (Å²) in [5, 5.41) is 1.16. The fourth-order valence-corrected chi connectivity index (χ4v) is 3.27. The van der Waals surface area contributed by atoms with E-state index in [1.54, 1.807) is 25.2 Å². The molecule has 0 fully saturated rings. The van der Waals surface area contributed by atoms with Gasteiger partial charge in [-0.05, 0) is 41.3 Å². The van der Waals surface area contributed by atoms with Gasteiger partial charge in [0.1, 0.15) is 0 Å². The van der Waals surface area contributed by atoms with Crippen LogP contribution >= 0.6 is 0 Å². The number of fused-ring (bicyclic) bond motifs is 2. The molecule has 0 saturated heterocycles. The number of methoxy groups -OCH3 is 2. The molecule has 0 unspecified atom stereocenters. The summed E-state index contributed by atoms with van der Waals surface area (Å²) in [4.78, 5) is 14.6. The monoisotopic (exact) mass is 322 g/mol. The number of hydrogen-bond acceptors (Lipinski definition) is 3. The van der Waals surface area contributed by atoms with Crippen LogP contribution in [0, 0.1) is 0 Å². The van der Waals surface area contributed by atoms with Crippen molar-refractivity contribution in [1.29, 1.82) is 0 Å². The first-order valence-corrected chi connectivity index (χ1v) is 7.74. The zero-order valence-corrected chi connectivity index (χ0v) is 13.9. The van der Waals surface area contributed by atoms with Crippen LogP contribution < -0.4 is 14.4 Å². The third-order valence-electron chi connectivity index (χ3n) is 4.60. The SMILES string of the molecule is COc1cc2c(cc1OC)C(=O)N(c1ccc3ccn(C)c3c1)C2. The summed E-state index contributed by atoms with van der Waals surface area (Å²) in [5.41, 5.74) is 3.61. The Morgan fingerprint density at radius 1 is 1.00 bits per heavy atom. The maximum Gasteiger partial charge on any atom is 0.259 e. The lowest BCUT2D eigenvalue weighted by molar-refractivity contribution is 0.0996. The molecule has 4 rings (SSSR count). The molecule has 1 aliphatic heterocycles. The van der Waals surface area contributed by atoms with Gasteiger partial charge in [-0.25, -0.2) is 0 Å². The zero-order valence-electron chi connectivity index (χ0n) is 13.9. The lowest BCUT2D eigenvalue weighted by atomic mass is 10.1. The quantitative estimate of drug-likeness (QED) is 0.743. The first-order chi connectivity index (χ1) is 11.6. The summed E-state index contributed by atoms with van der Waals surface area (Å²) < 4.78 is 12.7. The number of nitrogens with zero attached hydrogens (tertiary/aromatic N) is 2. The topological polar surface area (TPSA) is 43.7 Å². The van der Waals surface area contributed by atoms with Crippen molar-refractivity contribution in [3.05, 3.63) is 53.7 Å². The van der Waals surface area contributed by atoms with Gasteiger partial charge in [0.2, 0.25) is 0 Å². The highest BCUT2D eigenvalue weighted by molar-refractivity contribution is 6.11. The van der Waals surface area contributed by atoms with Crippen molar-refractivity contribution >= 4 is 22.5 Å². The van der Waals surface area contributed by atoms with E-state index < -0.39 is 0 Å². The number of carbonyl (C=O) groups excluding carboxylic acids is 1. The highest BCUT2D eigenvalue weighted by Crippen LogP contribution is 2.37. The molecule has 2 heterocycles. The minimum absolute atomic E-state index is 0.0143. The van der Waals surface area contributed by atoms with Gasteiger partial charge in [0.05, 0.1) is 20.8 Å². The molecule has 0 N–H and O–H groups in total. The van der Waals surface area contributed by atoms with E-state index in [9.17, 15) is 4.79 Å². The lowest BCUT2D eigenvalue weighted by Gasteiger charge is -2.16. The van der Waals surface area contributed by atoms with Crippen LogP contribution in [0.15, 0.2) is 42.6 Å². The van der Waals surface area contributed by atoms with E-state index in [4.69, 9.17) is 9.47 Å². The van der Waals surface area contributed by atoms with Crippen LogP contribution in [0.2, 0.25) is 0 Å². The minimum Gasteiger partial charge on any atom is -0.493 e. The summed E-state index contributed by atoms with van der Waals surface area (Å²) in [6, 6.07) is 11.8. The Kier molecular flexibility index (Phi) is 3.23. The first kappa shape index (κ1) is 14.6. The first-order valence-electron chi connectivity index (χ1n) is 7.74. The van der Waals surface area contributed by atoms with Gasteiger partial charge in [0.15, 0.2) is 11.5 Å². The normalized spacial score (nSPS) is 13.5. The van der Waals surface area contributed by atoms with Crippen molar-refractivity contribution in [2.45, 2.75) is 6.54 Å². The predicted molar refractivity (Wildman–Crippen MR) is 93.0 cm³/mol. The van der Waals surface area contributed by atoms with Gasteiger partial charge in [-0.1, -0.05) is 6.07 Å². The van der Waals surface area contributed by atoms with E-state index in [0.29, 0.717) is 23.6 Å². The molecule has 2 aromatic carbocycles. The summed E-state index contributed by atoms with van der Waals surface area (Å²) in [5.74, 6) is 1.20. The highest BCUT2D eigenvalue weighted by Gasteiger charge is 2.30. The number of aryl methyl sites for hydroxylation is 1. The van der Waals surface area contributed by atoms with Crippen LogP contribution in [0.1, 0.15) is 15.9 Å². The number of ether oxygens (including phenoxy) is 2. The van der Waals surface area contributed by atoms with Crippen LogP contribution in [-0.4, -0.2) is 24.7 Å². The van der Waals surface area contributed by atoms with Crippen LogP contribution in [-0.2, 0) is 13.6 Å². The van der Waals surface area contributed by atoms with Crippen LogP contribution in [0.3, 0.4) is 0 Å². The van der Waals surface area contributed by atoms with Crippen molar-refractivity contribution < 1.29 is 14.3 Å². The van der Waals surface area contributed by atoms with Gasteiger partial charge in [0, 0.05) is 30.0 Å². The van der Waals surface area contributed by atoms with Crippen molar-refractivity contribution in [1.82, 2.24) is 4.57 Å². The molecule has 5 nitrogen and oxygen atoms in total. The third-order valence-corrected chi connectivity index (χ3v) is 4.60. The van der Waals surface area contributed by atoms with Crippen molar-refractivity contribution in [2.24, 2.45) is 7.05 Å². The molecular weight excluding hydrogens is 304 g/mol. The van der Waals surface area contributed by atoms with Crippen LogP contribution in [0.4, 0.5) is 5.69 Å². The molecule has 1 aromatic heterocycles. The standard InChI is InChI=1S/C19H18N2O3/c1-20-7-6-12-4-5-14(9-16(12)20)21-11-13-8-17(23-2)18(24-3)10-15(13)19(21)22/h4-10H,11H2,1-3H3. The molecule has 5 heteroatoms.